The summed E-state index contributed by atoms with van der Waals surface area (Å²) in [5.74, 6) is 0.378. The Bertz CT molecular complexity index is 1220. The molecule has 160 valence electrons. The molecular formula is C20H16F3N5O2S. The van der Waals surface area contributed by atoms with Crippen molar-refractivity contribution in [1.29, 1.82) is 0 Å². The van der Waals surface area contributed by atoms with Crippen molar-refractivity contribution in [2.75, 3.05) is 31.1 Å². The highest BCUT2D eigenvalue weighted by atomic mass is 32.1. The lowest BCUT2D eigenvalue weighted by Gasteiger charge is -2.34. The van der Waals surface area contributed by atoms with Crippen LogP contribution in [0.1, 0.15) is 16.1 Å². The van der Waals surface area contributed by atoms with Crippen molar-refractivity contribution in [2.24, 2.45) is 0 Å². The van der Waals surface area contributed by atoms with Crippen molar-refractivity contribution in [2.45, 2.75) is 6.18 Å². The third-order valence-electron chi connectivity index (χ3n) is 5.13. The lowest BCUT2D eigenvalue weighted by Crippen LogP contribution is -2.48. The Morgan fingerprint density at radius 2 is 1.94 bits per heavy atom. The average Bonchev–Trinajstić information content (AvgIpc) is 3.52. The van der Waals surface area contributed by atoms with Crippen LogP contribution in [0.3, 0.4) is 0 Å². The van der Waals surface area contributed by atoms with Crippen LogP contribution in [0, 0.1) is 0 Å². The van der Waals surface area contributed by atoms with Crippen molar-refractivity contribution in [3.8, 4) is 11.5 Å². The van der Waals surface area contributed by atoms with Crippen molar-refractivity contribution >= 4 is 32.6 Å². The highest BCUT2D eigenvalue weighted by Gasteiger charge is 2.34. The number of rotatable bonds is 3. The molecule has 0 saturated carbocycles. The number of nitrogens with zero attached hydrogens (tertiary/aromatic N) is 4. The fourth-order valence-corrected chi connectivity index (χ4v) is 4.60. The molecule has 0 radical (unpaired) electrons. The van der Waals surface area contributed by atoms with E-state index in [0.717, 1.165) is 6.07 Å². The number of hydrogen-bond acceptors (Lipinski definition) is 6. The lowest BCUT2D eigenvalue weighted by molar-refractivity contribution is -0.136. The Morgan fingerprint density at radius 1 is 1.13 bits per heavy atom. The van der Waals surface area contributed by atoms with Gasteiger partial charge in [0.2, 0.25) is 0 Å². The minimum Gasteiger partial charge on any atom is -0.463 e. The van der Waals surface area contributed by atoms with Crippen molar-refractivity contribution < 1.29 is 22.4 Å². The number of para-hydroxylation sites is 1. The van der Waals surface area contributed by atoms with Crippen molar-refractivity contribution in [3.05, 3.63) is 53.9 Å². The van der Waals surface area contributed by atoms with Gasteiger partial charge < -0.3 is 14.2 Å². The van der Waals surface area contributed by atoms with Gasteiger partial charge in [-0.2, -0.15) is 18.3 Å². The molecule has 11 heteroatoms. The van der Waals surface area contributed by atoms with Gasteiger partial charge in [0.25, 0.3) is 5.91 Å². The molecule has 3 aromatic heterocycles. The van der Waals surface area contributed by atoms with Gasteiger partial charge in [-0.1, -0.05) is 17.4 Å². The van der Waals surface area contributed by atoms with E-state index in [4.69, 9.17) is 4.42 Å². The summed E-state index contributed by atoms with van der Waals surface area (Å²) in [6, 6.07) is 9.23. The summed E-state index contributed by atoms with van der Waals surface area (Å²) in [4.78, 5) is 20.6. The number of alkyl halides is 3. The van der Waals surface area contributed by atoms with Gasteiger partial charge in [0.1, 0.15) is 5.69 Å². The summed E-state index contributed by atoms with van der Waals surface area (Å²) < 4.78 is 45.6. The van der Waals surface area contributed by atoms with Gasteiger partial charge in [-0.05, 0) is 24.3 Å². The molecule has 0 atom stereocenters. The minimum absolute atomic E-state index is 0.0320. The molecule has 4 heterocycles. The Labute approximate surface area is 178 Å². The number of piperazine rings is 1. The molecule has 31 heavy (non-hydrogen) atoms. The number of H-pyrrole nitrogens is 1. The van der Waals surface area contributed by atoms with E-state index in [-0.39, 0.29) is 17.1 Å². The third-order valence-corrected chi connectivity index (χ3v) is 6.22. The number of halogens is 3. The normalized spacial score (nSPS) is 15.1. The summed E-state index contributed by atoms with van der Waals surface area (Å²) in [5.41, 5.74) is 0.138. The molecular weight excluding hydrogens is 431 g/mol. The second-order valence-corrected chi connectivity index (χ2v) is 8.08. The highest BCUT2D eigenvalue weighted by Crippen LogP contribution is 2.38. The first kappa shape index (κ1) is 19.6. The molecule has 0 spiro atoms. The van der Waals surface area contributed by atoms with Crippen LogP contribution in [-0.2, 0) is 6.18 Å². The summed E-state index contributed by atoms with van der Waals surface area (Å²) >= 11 is 1.23. The van der Waals surface area contributed by atoms with E-state index in [1.807, 2.05) is 4.90 Å². The predicted octanol–water partition coefficient (Wildman–Crippen LogP) is 4.26. The van der Waals surface area contributed by atoms with Crippen LogP contribution in [0.25, 0.3) is 21.7 Å². The van der Waals surface area contributed by atoms with E-state index < -0.39 is 11.7 Å². The Morgan fingerprint density at radius 3 is 2.65 bits per heavy atom. The first-order valence-electron chi connectivity index (χ1n) is 9.50. The topological polar surface area (TPSA) is 78.3 Å². The van der Waals surface area contributed by atoms with Crippen LogP contribution in [0.2, 0.25) is 0 Å². The van der Waals surface area contributed by atoms with Crippen molar-refractivity contribution in [1.82, 2.24) is 20.1 Å². The number of carbonyl (C=O) groups excluding carboxylic acids is 1. The Hall–Kier alpha value is -3.34. The summed E-state index contributed by atoms with van der Waals surface area (Å²) in [6.07, 6.45) is -2.91. The molecule has 7 nitrogen and oxygen atoms in total. The standard InChI is InChI=1S/C20H16F3N5O2S/c21-20(22,23)12-3-1-5-16-17(12)24-19(31-16)28-8-6-27(7-9-28)18(29)14-11-13(25-26-14)15-4-2-10-30-15/h1-5,10-11H,6-9H2,(H,25,26). The molecule has 5 rings (SSSR count). The minimum atomic E-state index is -4.45. The second-order valence-electron chi connectivity index (χ2n) is 7.07. The number of furan rings is 1. The fraction of sp³-hybridized carbons (Fsp3) is 0.250. The molecule has 1 amide bonds. The number of hydrogen-bond donors (Lipinski definition) is 1. The molecule has 1 N–H and O–H groups in total. The maximum Gasteiger partial charge on any atom is 0.418 e. The van der Waals surface area contributed by atoms with Gasteiger partial charge in [0, 0.05) is 32.2 Å². The monoisotopic (exact) mass is 447 g/mol. The zero-order valence-electron chi connectivity index (χ0n) is 16.0. The summed E-state index contributed by atoms with van der Waals surface area (Å²) in [7, 11) is 0. The Balaban J connectivity index is 1.29. The number of anilines is 1. The van der Waals surface area contributed by atoms with Crippen molar-refractivity contribution in [3.63, 3.8) is 0 Å². The average molecular weight is 447 g/mol. The SMILES string of the molecule is O=C(c1cc(-c2ccco2)[nH]n1)N1CCN(c2nc3c(C(F)(F)F)cccc3s2)CC1. The molecule has 4 aromatic rings. The Kier molecular flexibility index (Phi) is 4.69. The number of fused-ring (bicyclic) bond motifs is 1. The van der Waals surface area contributed by atoms with Gasteiger partial charge in [-0.25, -0.2) is 4.98 Å². The van der Waals surface area contributed by atoms with Crippen LogP contribution < -0.4 is 4.90 Å². The molecule has 1 fully saturated rings. The lowest BCUT2D eigenvalue weighted by atomic mass is 10.2. The fourth-order valence-electron chi connectivity index (χ4n) is 3.55. The number of amides is 1. The van der Waals surface area contributed by atoms with Crippen LogP contribution in [0.5, 0.6) is 0 Å². The van der Waals surface area contributed by atoms with E-state index in [1.165, 1.54) is 23.7 Å². The van der Waals surface area contributed by atoms with Gasteiger partial charge in [-0.15, -0.1) is 0 Å². The highest BCUT2D eigenvalue weighted by molar-refractivity contribution is 7.22. The van der Waals surface area contributed by atoms with Crippen LogP contribution >= 0.6 is 11.3 Å². The molecule has 1 aliphatic rings. The molecule has 1 aromatic carbocycles. The molecule has 0 unspecified atom stereocenters. The smallest absolute Gasteiger partial charge is 0.418 e. The number of nitrogens with one attached hydrogen (secondary N) is 1. The number of aromatic amines is 1. The quantitative estimate of drug-likeness (QED) is 0.508. The number of benzene rings is 1. The zero-order chi connectivity index (χ0) is 21.6. The summed E-state index contributed by atoms with van der Waals surface area (Å²) in [6.45, 7) is 1.79. The van der Waals surface area contributed by atoms with Crippen LogP contribution in [0.15, 0.2) is 47.1 Å². The van der Waals surface area contributed by atoms with Crippen LogP contribution in [-0.4, -0.2) is 52.2 Å². The number of aromatic nitrogens is 3. The van der Waals surface area contributed by atoms with Crippen LogP contribution in [0.4, 0.5) is 18.3 Å². The van der Waals surface area contributed by atoms with E-state index in [1.54, 1.807) is 29.2 Å². The molecule has 1 aliphatic heterocycles. The van der Waals surface area contributed by atoms with E-state index in [2.05, 4.69) is 15.2 Å². The molecule has 0 aliphatic carbocycles. The van der Waals surface area contributed by atoms with Gasteiger partial charge in [0.05, 0.1) is 22.0 Å². The predicted molar refractivity (Wildman–Crippen MR) is 109 cm³/mol. The maximum absolute atomic E-state index is 13.3. The number of thiazole rings is 1. The second kappa shape index (κ2) is 7.41. The van der Waals surface area contributed by atoms with Gasteiger partial charge >= 0.3 is 6.18 Å². The van der Waals surface area contributed by atoms with E-state index >= 15 is 0 Å². The maximum atomic E-state index is 13.3. The summed E-state index contributed by atoms with van der Waals surface area (Å²) in [5, 5.41) is 7.40. The van der Waals surface area contributed by atoms with E-state index in [0.29, 0.717) is 47.5 Å². The largest absolute Gasteiger partial charge is 0.463 e. The third kappa shape index (κ3) is 3.65. The van der Waals surface area contributed by atoms with Gasteiger partial charge in [-0.3, -0.25) is 9.89 Å². The first-order chi connectivity index (χ1) is 14.9. The zero-order valence-corrected chi connectivity index (χ0v) is 16.8. The molecule has 0 bridgehead atoms. The molecule has 1 saturated heterocycles. The first-order valence-corrected chi connectivity index (χ1v) is 10.3. The van der Waals surface area contributed by atoms with Gasteiger partial charge in [0.15, 0.2) is 16.6 Å². The van der Waals surface area contributed by atoms with E-state index in [9.17, 15) is 18.0 Å². The number of carbonyl (C=O) groups is 1.